The van der Waals surface area contributed by atoms with E-state index >= 15 is 0 Å². The van der Waals surface area contributed by atoms with Crippen LogP contribution in [-0.2, 0) is 28.5 Å². The fraction of sp³-hybridized carbons (Fsp3) is 0.652. The summed E-state index contributed by atoms with van der Waals surface area (Å²) in [5.74, 6) is 0.391. The number of carbonyl (C=O) groups excluding carboxylic acids is 3. The number of ether oxygens (including phenoxy) is 7. The van der Waals surface area contributed by atoms with E-state index in [4.69, 9.17) is 29.4 Å². The molecule has 12 nitrogen and oxygen atoms in total. The molecule has 0 saturated carbocycles. The zero-order valence-corrected chi connectivity index (χ0v) is 21.4. The molecule has 1 aliphatic heterocycles. The van der Waals surface area contributed by atoms with Gasteiger partial charge in [-0.05, 0) is 19.3 Å². The van der Waals surface area contributed by atoms with E-state index in [2.05, 4.69) is 21.4 Å². The topological polar surface area (TPSA) is 155 Å². The molecule has 200 valence electrons. The van der Waals surface area contributed by atoms with Crippen molar-refractivity contribution in [3.8, 4) is 11.5 Å². The van der Waals surface area contributed by atoms with Crippen molar-refractivity contribution in [1.29, 1.82) is 0 Å². The van der Waals surface area contributed by atoms with E-state index in [0.29, 0.717) is 44.3 Å². The Morgan fingerprint density at radius 3 is 2.43 bits per heavy atom. The van der Waals surface area contributed by atoms with Crippen molar-refractivity contribution in [2.45, 2.75) is 39.2 Å². The monoisotopic (exact) mass is 502 g/mol. The van der Waals surface area contributed by atoms with Gasteiger partial charge in [0.1, 0.15) is 0 Å². The molecule has 0 aromatic carbocycles. The van der Waals surface area contributed by atoms with Crippen molar-refractivity contribution in [2.75, 3.05) is 54.9 Å². The molecule has 1 saturated heterocycles. The minimum atomic E-state index is -0.643. The highest BCUT2D eigenvalue weighted by Gasteiger charge is 2.16. The fourth-order valence-electron chi connectivity index (χ4n) is 2.79. The normalized spacial score (nSPS) is 17.4. The Kier molecular flexibility index (Phi) is 17.5. The van der Waals surface area contributed by atoms with Gasteiger partial charge in [-0.15, -0.1) is 0 Å². The number of hydrogen-bond donors (Lipinski definition) is 1. The molecule has 1 aliphatic rings. The van der Waals surface area contributed by atoms with Gasteiger partial charge in [0.25, 0.3) is 5.91 Å². The lowest BCUT2D eigenvalue weighted by atomic mass is 10.1. The lowest BCUT2D eigenvalue weighted by Crippen LogP contribution is -2.16. The highest BCUT2D eigenvalue weighted by molar-refractivity contribution is 5.94. The van der Waals surface area contributed by atoms with Gasteiger partial charge in [0.05, 0.1) is 47.1 Å². The third kappa shape index (κ3) is 14.7. The van der Waals surface area contributed by atoms with Crippen molar-refractivity contribution in [1.82, 2.24) is 4.98 Å². The van der Waals surface area contributed by atoms with Crippen LogP contribution in [0, 0.1) is 5.92 Å². The van der Waals surface area contributed by atoms with E-state index in [1.165, 1.54) is 27.5 Å². The fourth-order valence-corrected chi connectivity index (χ4v) is 2.79. The van der Waals surface area contributed by atoms with Crippen LogP contribution in [0.25, 0.3) is 0 Å². The zero-order valence-electron chi connectivity index (χ0n) is 21.4. The Bertz CT molecular complexity index is 760. The van der Waals surface area contributed by atoms with Gasteiger partial charge in [0.2, 0.25) is 0 Å². The average molecular weight is 503 g/mol. The third-order valence-corrected chi connectivity index (χ3v) is 4.33. The van der Waals surface area contributed by atoms with Crippen LogP contribution in [0.2, 0.25) is 0 Å². The maximum Gasteiger partial charge on any atom is 0.507 e. The van der Waals surface area contributed by atoms with Gasteiger partial charge in [-0.25, -0.2) is 9.78 Å². The summed E-state index contributed by atoms with van der Waals surface area (Å²) >= 11 is 0. The van der Waals surface area contributed by atoms with Gasteiger partial charge < -0.3 is 38.9 Å². The molecule has 12 heteroatoms. The summed E-state index contributed by atoms with van der Waals surface area (Å²) < 4.78 is 33.8. The minimum Gasteiger partial charge on any atom is -0.493 e. The number of cyclic esters (lactones) is 1. The van der Waals surface area contributed by atoms with E-state index in [1.54, 1.807) is 13.2 Å². The van der Waals surface area contributed by atoms with Gasteiger partial charge >= 0.3 is 12.1 Å². The van der Waals surface area contributed by atoms with Crippen molar-refractivity contribution < 1.29 is 47.5 Å². The third-order valence-electron chi connectivity index (χ3n) is 4.33. The minimum absolute atomic E-state index is 0.0363. The first-order chi connectivity index (χ1) is 16.7. The second kappa shape index (κ2) is 19.2. The summed E-state index contributed by atoms with van der Waals surface area (Å²) in [6.07, 6.45) is 2.81. The summed E-state index contributed by atoms with van der Waals surface area (Å²) in [5.41, 5.74) is 5.15. The molecule has 2 atom stereocenters. The number of nitrogens with two attached hydrogens (primary N) is 1. The number of methoxy groups -OCH3 is 4. The van der Waals surface area contributed by atoms with Crippen LogP contribution in [0.4, 0.5) is 4.79 Å². The molecule has 0 aliphatic carbocycles. The zero-order chi connectivity index (χ0) is 26.6. The number of hydrogen-bond acceptors (Lipinski definition) is 11. The number of primary amides is 1. The van der Waals surface area contributed by atoms with Crippen LogP contribution in [0.1, 0.15) is 43.6 Å². The number of aromatic nitrogens is 1. The highest BCUT2D eigenvalue weighted by Crippen LogP contribution is 2.28. The summed E-state index contributed by atoms with van der Waals surface area (Å²) in [7, 11) is 5.77. The molecular formula is C23H38N2O10. The molecule has 2 unspecified atom stereocenters. The number of esters is 1. The highest BCUT2D eigenvalue weighted by atomic mass is 16.7. The van der Waals surface area contributed by atoms with Gasteiger partial charge in [0, 0.05) is 39.0 Å². The first-order valence-corrected chi connectivity index (χ1v) is 11.0. The van der Waals surface area contributed by atoms with Crippen LogP contribution in [0.15, 0.2) is 12.3 Å². The largest absolute Gasteiger partial charge is 0.507 e. The predicted molar refractivity (Wildman–Crippen MR) is 125 cm³/mol. The lowest BCUT2D eigenvalue weighted by molar-refractivity contribution is -0.148. The Hall–Kier alpha value is -3.12. The van der Waals surface area contributed by atoms with Crippen molar-refractivity contribution in [3.63, 3.8) is 0 Å². The Labute approximate surface area is 206 Å². The molecule has 1 aromatic rings. The number of pyridine rings is 1. The summed E-state index contributed by atoms with van der Waals surface area (Å²) in [6, 6.07) is 1.59. The maximum absolute atomic E-state index is 11.0. The first kappa shape index (κ1) is 31.9. The van der Waals surface area contributed by atoms with Crippen LogP contribution in [0.5, 0.6) is 11.5 Å². The van der Waals surface area contributed by atoms with E-state index in [0.717, 1.165) is 13.0 Å². The molecular weight excluding hydrogens is 464 g/mol. The van der Waals surface area contributed by atoms with Crippen LogP contribution in [-0.4, -0.2) is 84.0 Å². The van der Waals surface area contributed by atoms with Gasteiger partial charge in [-0.3, -0.25) is 9.59 Å². The summed E-state index contributed by atoms with van der Waals surface area (Å²) in [6.45, 7) is 6.21. The number of nitrogens with zero attached hydrogens (tertiary/aromatic N) is 1. The Morgan fingerprint density at radius 2 is 1.86 bits per heavy atom. The van der Waals surface area contributed by atoms with E-state index in [9.17, 15) is 14.4 Å². The first-order valence-electron chi connectivity index (χ1n) is 11.0. The van der Waals surface area contributed by atoms with Crippen LogP contribution < -0.4 is 15.2 Å². The molecule has 1 fully saturated rings. The van der Waals surface area contributed by atoms with Crippen molar-refractivity contribution in [2.24, 2.45) is 11.7 Å². The molecule has 2 N–H and O–H groups in total. The number of carbonyl (C=O) groups is 3. The second-order valence-corrected chi connectivity index (χ2v) is 7.37. The SMILES string of the molecule is CC1COCCC(=O)OC(C)C1.COCCCOC(=O)OC.COc1ccnc(C(N)=O)c1OC. The quantitative estimate of drug-likeness (QED) is 0.431. The number of amides is 1. The molecule has 2 rings (SSSR count). The van der Waals surface area contributed by atoms with E-state index < -0.39 is 12.1 Å². The molecule has 35 heavy (non-hydrogen) atoms. The summed E-state index contributed by atoms with van der Waals surface area (Å²) in [5, 5.41) is 0. The maximum atomic E-state index is 11.0. The van der Waals surface area contributed by atoms with Gasteiger partial charge in [0.15, 0.2) is 17.2 Å². The van der Waals surface area contributed by atoms with E-state index in [-0.39, 0.29) is 23.5 Å². The molecule has 2 heterocycles. The molecule has 1 amide bonds. The smallest absolute Gasteiger partial charge is 0.493 e. The predicted octanol–water partition coefficient (Wildman–Crippen LogP) is 2.37. The van der Waals surface area contributed by atoms with E-state index in [1.807, 2.05) is 6.92 Å². The standard InChI is InChI=1S/C9H16O3.C8H10N2O3.C6H12O4/c1-7-5-8(2)12-9(10)3-4-11-6-7;1-12-5-3-4-10-6(8(9)11)7(5)13-2;1-8-4-3-5-10-6(7)9-2/h7-8H,3-6H2,1-2H3;3-4H,1-2H3,(H2,9,11);3-5H2,1-2H3. The average Bonchev–Trinajstić information content (AvgIpc) is 2.90. The second-order valence-electron chi connectivity index (χ2n) is 7.37. The molecule has 0 bridgehead atoms. The molecule has 0 radical (unpaired) electrons. The van der Waals surface area contributed by atoms with Gasteiger partial charge in [-0.2, -0.15) is 0 Å². The Balaban J connectivity index is 0.000000501. The molecule has 1 aromatic heterocycles. The van der Waals surface area contributed by atoms with Crippen molar-refractivity contribution in [3.05, 3.63) is 18.0 Å². The van der Waals surface area contributed by atoms with Crippen LogP contribution >= 0.6 is 0 Å². The number of rotatable bonds is 7. The summed E-state index contributed by atoms with van der Waals surface area (Å²) in [4.78, 5) is 35.9. The molecule has 0 spiro atoms. The Morgan fingerprint density at radius 1 is 1.14 bits per heavy atom. The van der Waals surface area contributed by atoms with Crippen LogP contribution in [0.3, 0.4) is 0 Å². The lowest BCUT2D eigenvalue weighted by Gasteiger charge is -2.14. The van der Waals surface area contributed by atoms with Crippen molar-refractivity contribution >= 4 is 18.0 Å². The van der Waals surface area contributed by atoms with Gasteiger partial charge in [-0.1, -0.05) is 6.92 Å².